The monoisotopic (exact) mass is 406 g/mol. The highest BCUT2D eigenvalue weighted by molar-refractivity contribution is 6.01. The Bertz CT molecular complexity index is 1150. The molecule has 2 aliphatic rings. The molecular weight excluding hydrogens is 376 g/mol. The van der Waals surface area contributed by atoms with Crippen molar-refractivity contribution in [3.63, 3.8) is 0 Å². The van der Waals surface area contributed by atoms with Crippen LogP contribution in [0.25, 0.3) is 11.1 Å². The Morgan fingerprint density at radius 3 is 2.83 bits per heavy atom. The second-order valence-corrected chi connectivity index (χ2v) is 8.33. The van der Waals surface area contributed by atoms with Crippen molar-refractivity contribution in [3.8, 4) is 0 Å². The molecule has 3 aromatic rings. The minimum absolute atomic E-state index is 0. The topological polar surface area (TPSA) is 75.4 Å². The zero-order chi connectivity index (χ0) is 20.7. The number of anilines is 1. The van der Waals surface area contributed by atoms with Gasteiger partial charge in [-0.05, 0) is 56.4 Å². The molecule has 0 saturated carbocycles. The van der Waals surface area contributed by atoms with Crippen molar-refractivity contribution in [1.82, 2.24) is 24.5 Å². The highest BCUT2D eigenvalue weighted by Crippen LogP contribution is 2.33. The smallest absolute Gasteiger partial charge is 0.257 e. The molecule has 0 unspecified atom stereocenters. The zero-order valence-corrected chi connectivity index (χ0v) is 17.4. The Kier molecular flexibility index (Phi) is 4.73. The molecule has 1 fully saturated rings. The van der Waals surface area contributed by atoms with E-state index in [1.807, 2.05) is 23.4 Å². The van der Waals surface area contributed by atoms with E-state index >= 15 is 0 Å². The lowest BCUT2D eigenvalue weighted by Crippen LogP contribution is -2.35. The number of hydrogen-bond donors (Lipinski definition) is 1. The van der Waals surface area contributed by atoms with Crippen molar-refractivity contribution in [1.29, 1.82) is 0 Å². The van der Waals surface area contributed by atoms with E-state index in [1.54, 1.807) is 10.7 Å². The Balaban J connectivity index is 0.00000144. The SMILES string of the molecule is CC(C)Nc1ncc2c(n1)CC=C2c1ccn2ncc(C(=O)N3CCCCC3)c2c1.[HH].[HH]. The third kappa shape index (κ3) is 3.34. The molecule has 30 heavy (non-hydrogen) atoms. The standard InChI is InChI=1S/C23H26N6O.2H2/c1-15(2)26-23-24-13-18-17(6-7-20(18)27-23)16-8-11-29-21(12-16)19(14-25-29)22(30)28-9-4-3-5-10-28;;/h6,8,11-15H,3-5,7,9-10H2,1-2H3,(H,24,26,27);2*1H. The number of amides is 1. The molecule has 0 bridgehead atoms. The van der Waals surface area contributed by atoms with E-state index in [2.05, 4.69) is 46.4 Å². The van der Waals surface area contributed by atoms with E-state index in [9.17, 15) is 4.79 Å². The summed E-state index contributed by atoms with van der Waals surface area (Å²) < 4.78 is 1.78. The number of aromatic nitrogens is 4. The summed E-state index contributed by atoms with van der Waals surface area (Å²) >= 11 is 0. The average molecular weight is 407 g/mol. The second kappa shape index (κ2) is 7.55. The van der Waals surface area contributed by atoms with Gasteiger partial charge in [-0.2, -0.15) is 5.10 Å². The van der Waals surface area contributed by atoms with Gasteiger partial charge in [-0.25, -0.2) is 14.5 Å². The fraction of sp³-hybridized carbons (Fsp3) is 0.391. The quantitative estimate of drug-likeness (QED) is 0.707. The normalized spacial score (nSPS) is 16.1. The van der Waals surface area contributed by atoms with Gasteiger partial charge in [-0.15, -0.1) is 0 Å². The van der Waals surface area contributed by atoms with Crippen LogP contribution in [0.2, 0.25) is 0 Å². The van der Waals surface area contributed by atoms with Gasteiger partial charge in [0.05, 0.1) is 23.0 Å². The lowest BCUT2D eigenvalue weighted by atomic mass is 10.0. The van der Waals surface area contributed by atoms with Crippen LogP contribution < -0.4 is 5.32 Å². The van der Waals surface area contributed by atoms with Gasteiger partial charge in [-0.3, -0.25) is 4.79 Å². The molecule has 0 aromatic carbocycles. The molecule has 4 heterocycles. The number of hydrogen-bond acceptors (Lipinski definition) is 5. The summed E-state index contributed by atoms with van der Waals surface area (Å²) in [6.45, 7) is 5.81. The molecule has 7 nitrogen and oxygen atoms in total. The first-order valence-electron chi connectivity index (χ1n) is 10.7. The number of fused-ring (bicyclic) bond motifs is 2. The fourth-order valence-electron chi connectivity index (χ4n) is 4.29. The number of allylic oxidation sites excluding steroid dienone is 1. The number of piperidine rings is 1. The molecule has 0 atom stereocenters. The van der Waals surface area contributed by atoms with Gasteiger partial charge in [0.1, 0.15) is 0 Å². The van der Waals surface area contributed by atoms with Crippen LogP contribution in [-0.2, 0) is 6.42 Å². The predicted molar refractivity (Wildman–Crippen MR) is 121 cm³/mol. The van der Waals surface area contributed by atoms with Crippen molar-refractivity contribution < 1.29 is 7.65 Å². The molecule has 0 radical (unpaired) electrons. The van der Waals surface area contributed by atoms with E-state index in [4.69, 9.17) is 0 Å². The van der Waals surface area contributed by atoms with Gasteiger partial charge in [-0.1, -0.05) is 6.08 Å². The minimum atomic E-state index is 0. The van der Waals surface area contributed by atoms with E-state index < -0.39 is 0 Å². The van der Waals surface area contributed by atoms with Crippen molar-refractivity contribution >= 4 is 22.9 Å². The molecule has 1 aliphatic heterocycles. The van der Waals surface area contributed by atoms with Crippen LogP contribution in [0.4, 0.5) is 5.95 Å². The number of pyridine rings is 1. The highest BCUT2D eigenvalue weighted by atomic mass is 16.2. The summed E-state index contributed by atoms with van der Waals surface area (Å²) in [4.78, 5) is 24.2. The predicted octanol–water partition coefficient (Wildman–Crippen LogP) is 4.05. The van der Waals surface area contributed by atoms with Gasteiger partial charge in [0, 0.05) is 46.4 Å². The number of carbonyl (C=O) groups is 1. The van der Waals surface area contributed by atoms with Gasteiger partial charge >= 0.3 is 0 Å². The number of rotatable bonds is 4. The molecule has 1 amide bonds. The van der Waals surface area contributed by atoms with Gasteiger partial charge in [0.25, 0.3) is 5.91 Å². The molecular formula is C23H30N6O. The van der Waals surface area contributed by atoms with Crippen LogP contribution in [0, 0.1) is 0 Å². The Morgan fingerprint density at radius 1 is 1.20 bits per heavy atom. The minimum Gasteiger partial charge on any atom is -0.352 e. The average Bonchev–Trinajstić information content (AvgIpc) is 3.36. The van der Waals surface area contributed by atoms with Crippen molar-refractivity contribution in [3.05, 3.63) is 59.2 Å². The first-order chi connectivity index (χ1) is 14.6. The third-order valence-corrected chi connectivity index (χ3v) is 5.78. The Labute approximate surface area is 178 Å². The van der Waals surface area contributed by atoms with Crippen molar-refractivity contribution in [2.75, 3.05) is 18.4 Å². The Morgan fingerprint density at radius 2 is 2.03 bits per heavy atom. The summed E-state index contributed by atoms with van der Waals surface area (Å²) in [5.41, 5.74) is 5.77. The van der Waals surface area contributed by atoms with Crippen LogP contribution in [0.15, 0.2) is 36.8 Å². The van der Waals surface area contributed by atoms with E-state index in [0.29, 0.717) is 11.5 Å². The van der Waals surface area contributed by atoms with Gasteiger partial charge < -0.3 is 10.2 Å². The van der Waals surface area contributed by atoms with E-state index in [-0.39, 0.29) is 14.8 Å². The number of likely N-dealkylation sites (tertiary alicyclic amines) is 1. The summed E-state index contributed by atoms with van der Waals surface area (Å²) in [7, 11) is 0. The molecule has 0 spiro atoms. The maximum Gasteiger partial charge on any atom is 0.257 e. The third-order valence-electron chi connectivity index (χ3n) is 5.78. The van der Waals surface area contributed by atoms with Crippen molar-refractivity contribution in [2.24, 2.45) is 0 Å². The Hall–Kier alpha value is -3.22. The van der Waals surface area contributed by atoms with Crippen LogP contribution in [0.1, 0.15) is 63.1 Å². The van der Waals surface area contributed by atoms with Crippen LogP contribution in [-0.4, -0.2) is 49.5 Å². The van der Waals surface area contributed by atoms with Gasteiger partial charge in [0.2, 0.25) is 5.95 Å². The summed E-state index contributed by atoms with van der Waals surface area (Å²) in [6, 6.07) is 4.39. The van der Waals surface area contributed by atoms with Crippen molar-refractivity contribution in [2.45, 2.75) is 45.6 Å². The molecule has 1 saturated heterocycles. The van der Waals surface area contributed by atoms with Crippen LogP contribution in [0.5, 0.6) is 0 Å². The lowest BCUT2D eigenvalue weighted by Gasteiger charge is -2.26. The summed E-state index contributed by atoms with van der Waals surface area (Å²) in [5, 5.41) is 7.66. The highest BCUT2D eigenvalue weighted by Gasteiger charge is 2.23. The van der Waals surface area contributed by atoms with Gasteiger partial charge in [0.15, 0.2) is 0 Å². The molecule has 5 rings (SSSR count). The molecule has 158 valence electrons. The summed E-state index contributed by atoms with van der Waals surface area (Å²) in [6.07, 6.45) is 11.8. The molecule has 7 heteroatoms. The number of nitrogens with one attached hydrogen (secondary N) is 1. The largest absolute Gasteiger partial charge is 0.352 e. The summed E-state index contributed by atoms with van der Waals surface area (Å²) in [5.74, 6) is 0.745. The fourth-order valence-corrected chi connectivity index (χ4v) is 4.29. The lowest BCUT2D eigenvalue weighted by molar-refractivity contribution is 0.0726. The zero-order valence-electron chi connectivity index (χ0n) is 17.4. The van der Waals surface area contributed by atoms with E-state index in [1.165, 1.54) is 6.42 Å². The van der Waals surface area contributed by atoms with Crippen LogP contribution >= 0.6 is 0 Å². The second-order valence-electron chi connectivity index (χ2n) is 8.33. The van der Waals surface area contributed by atoms with Crippen LogP contribution in [0.3, 0.4) is 0 Å². The van der Waals surface area contributed by atoms with E-state index in [0.717, 1.165) is 60.3 Å². The first kappa shape index (κ1) is 18.8. The maximum absolute atomic E-state index is 13.1. The molecule has 1 N–H and O–H groups in total. The molecule has 3 aromatic heterocycles. The maximum atomic E-state index is 13.1. The molecule has 1 aliphatic carbocycles. The number of carbonyl (C=O) groups excluding carboxylic acids is 1. The first-order valence-corrected chi connectivity index (χ1v) is 10.7. The number of nitrogens with zero attached hydrogens (tertiary/aromatic N) is 5.